The normalized spacial score (nSPS) is 13.2. The molecule has 0 aliphatic carbocycles. The molecule has 3 nitrogen and oxygen atoms in total. The Labute approximate surface area is 54.9 Å². The fourth-order valence-electron chi connectivity index (χ4n) is 0.554. The van der Waals surface area contributed by atoms with Crippen LogP contribution in [0.3, 0.4) is 0 Å². The molecule has 3 N–H and O–H groups in total. The van der Waals surface area contributed by atoms with Gasteiger partial charge < -0.3 is 10.8 Å². The van der Waals surface area contributed by atoms with Gasteiger partial charge in [-0.3, -0.25) is 4.79 Å². The fourth-order valence-corrected chi connectivity index (χ4v) is 0.554. The fraction of sp³-hybridized carbons (Fsp3) is 0.833. The molecule has 0 aliphatic rings. The van der Waals surface area contributed by atoms with Crippen LogP contribution < -0.4 is 5.73 Å². The van der Waals surface area contributed by atoms with Crippen molar-refractivity contribution in [1.29, 1.82) is 0 Å². The van der Waals surface area contributed by atoms with Crippen molar-refractivity contribution in [3.05, 3.63) is 0 Å². The van der Waals surface area contributed by atoms with Gasteiger partial charge in [-0.05, 0) is 13.0 Å². The zero-order valence-electron chi connectivity index (χ0n) is 5.63. The van der Waals surface area contributed by atoms with E-state index in [-0.39, 0.29) is 5.78 Å². The molecule has 0 aromatic carbocycles. The minimum Gasteiger partial charge on any atom is -0.385 e. The first-order valence-electron chi connectivity index (χ1n) is 3.13. The highest BCUT2D eigenvalue weighted by Crippen LogP contribution is 1.93. The average Bonchev–Trinajstić information content (AvgIpc) is 1.87. The maximum absolute atomic E-state index is 10.6. The molecule has 0 bridgehead atoms. The van der Waals surface area contributed by atoms with Crippen molar-refractivity contribution < 1.29 is 9.90 Å². The summed E-state index contributed by atoms with van der Waals surface area (Å²) in [6.07, 6.45) is -0.0617. The molecule has 0 spiro atoms. The van der Waals surface area contributed by atoms with Crippen LogP contribution in [0, 0.1) is 0 Å². The van der Waals surface area contributed by atoms with E-state index in [1.807, 2.05) is 0 Å². The van der Waals surface area contributed by atoms with Crippen LogP contribution in [0.4, 0.5) is 0 Å². The molecule has 54 valence electrons. The van der Waals surface area contributed by atoms with Gasteiger partial charge in [-0.15, -0.1) is 0 Å². The van der Waals surface area contributed by atoms with Crippen molar-refractivity contribution in [1.82, 2.24) is 0 Å². The van der Waals surface area contributed by atoms with E-state index in [0.29, 0.717) is 19.4 Å². The Morgan fingerprint density at radius 1 is 1.78 bits per heavy atom. The number of carbonyl (C=O) groups excluding carboxylic acids is 1. The molecule has 1 unspecified atom stereocenters. The van der Waals surface area contributed by atoms with Crippen molar-refractivity contribution in [2.75, 3.05) is 6.54 Å². The van der Waals surface area contributed by atoms with Crippen LogP contribution in [0.25, 0.3) is 0 Å². The van der Waals surface area contributed by atoms with E-state index in [9.17, 15) is 4.79 Å². The number of rotatable bonds is 4. The Kier molecular flexibility index (Phi) is 4.26. The van der Waals surface area contributed by atoms with Gasteiger partial charge in [0.25, 0.3) is 0 Å². The van der Waals surface area contributed by atoms with Crippen molar-refractivity contribution in [3.63, 3.8) is 0 Å². The summed E-state index contributed by atoms with van der Waals surface area (Å²) in [5.41, 5.74) is 5.11. The first-order chi connectivity index (χ1) is 4.22. The molecule has 3 heteroatoms. The summed E-state index contributed by atoms with van der Waals surface area (Å²) in [6, 6.07) is 0. The van der Waals surface area contributed by atoms with E-state index in [1.165, 1.54) is 0 Å². The summed E-state index contributed by atoms with van der Waals surface area (Å²) in [5, 5.41) is 8.89. The maximum Gasteiger partial charge on any atom is 0.161 e. The third-order valence-electron chi connectivity index (χ3n) is 1.16. The summed E-state index contributed by atoms with van der Waals surface area (Å²) in [6.45, 7) is 2.09. The lowest BCUT2D eigenvalue weighted by Crippen LogP contribution is -2.22. The minimum atomic E-state index is -0.833. The Morgan fingerprint density at radius 3 is 2.67 bits per heavy atom. The molecule has 0 rings (SSSR count). The monoisotopic (exact) mass is 131 g/mol. The summed E-state index contributed by atoms with van der Waals surface area (Å²) < 4.78 is 0. The molecule has 0 saturated heterocycles. The van der Waals surface area contributed by atoms with Crippen LogP contribution >= 0.6 is 0 Å². The van der Waals surface area contributed by atoms with Gasteiger partial charge in [0.05, 0.1) is 0 Å². The van der Waals surface area contributed by atoms with Gasteiger partial charge in [0, 0.05) is 6.42 Å². The number of hydrogen-bond acceptors (Lipinski definition) is 3. The topological polar surface area (TPSA) is 63.3 Å². The lowest BCUT2D eigenvalue weighted by Gasteiger charge is -2.03. The molecular weight excluding hydrogens is 118 g/mol. The molecule has 0 radical (unpaired) electrons. The largest absolute Gasteiger partial charge is 0.385 e. The minimum absolute atomic E-state index is 0.125. The van der Waals surface area contributed by atoms with Gasteiger partial charge in [-0.1, -0.05) is 6.92 Å². The number of hydrogen-bond donors (Lipinski definition) is 2. The quantitative estimate of drug-likeness (QED) is 0.549. The first-order valence-corrected chi connectivity index (χ1v) is 3.13. The molecule has 0 aliphatic heterocycles. The number of aliphatic hydroxyl groups excluding tert-OH is 1. The lowest BCUT2D eigenvalue weighted by atomic mass is 10.1. The zero-order chi connectivity index (χ0) is 7.28. The van der Waals surface area contributed by atoms with Gasteiger partial charge in [-0.2, -0.15) is 0 Å². The number of Topliss-reactive ketones (excluding diaryl/α,β-unsaturated/α-hetero) is 1. The predicted octanol–water partition coefficient (Wildman–Crippen LogP) is -0.325. The number of ketones is 1. The highest BCUT2D eigenvalue weighted by atomic mass is 16.3. The van der Waals surface area contributed by atoms with Crippen molar-refractivity contribution in [3.8, 4) is 0 Å². The van der Waals surface area contributed by atoms with Gasteiger partial charge in [0.2, 0.25) is 0 Å². The van der Waals surface area contributed by atoms with E-state index >= 15 is 0 Å². The third-order valence-corrected chi connectivity index (χ3v) is 1.16. The van der Waals surface area contributed by atoms with Crippen molar-refractivity contribution in [2.45, 2.75) is 25.9 Å². The number of carbonyl (C=O) groups is 1. The molecule has 0 heterocycles. The van der Waals surface area contributed by atoms with Crippen LogP contribution in [0.15, 0.2) is 0 Å². The Morgan fingerprint density at radius 2 is 2.33 bits per heavy atom. The molecule has 1 atom stereocenters. The summed E-state index contributed by atoms with van der Waals surface area (Å²) in [7, 11) is 0. The van der Waals surface area contributed by atoms with Crippen LogP contribution in [0.5, 0.6) is 0 Å². The highest BCUT2D eigenvalue weighted by molar-refractivity contribution is 5.82. The van der Waals surface area contributed by atoms with Crippen molar-refractivity contribution >= 4 is 5.78 Å². The van der Waals surface area contributed by atoms with Gasteiger partial charge in [-0.25, -0.2) is 0 Å². The molecule has 0 amide bonds. The second kappa shape index (κ2) is 4.47. The van der Waals surface area contributed by atoms with E-state index in [4.69, 9.17) is 10.8 Å². The number of nitrogens with two attached hydrogens (primary N) is 1. The Hall–Kier alpha value is -0.410. The maximum atomic E-state index is 10.6. The SMILES string of the molecule is CCC(=O)C(O)CCN. The smallest absolute Gasteiger partial charge is 0.161 e. The van der Waals surface area contributed by atoms with Gasteiger partial charge >= 0.3 is 0 Å². The number of aliphatic hydroxyl groups is 1. The van der Waals surface area contributed by atoms with E-state index < -0.39 is 6.10 Å². The van der Waals surface area contributed by atoms with Crippen LogP contribution in [0.1, 0.15) is 19.8 Å². The highest BCUT2D eigenvalue weighted by Gasteiger charge is 2.09. The predicted molar refractivity (Wildman–Crippen MR) is 35.0 cm³/mol. The van der Waals surface area contributed by atoms with Crippen LogP contribution in [0.2, 0.25) is 0 Å². The molecular formula is C6H13NO2. The van der Waals surface area contributed by atoms with E-state index in [2.05, 4.69) is 0 Å². The average molecular weight is 131 g/mol. The Bertz CT molecular complexity index is 93.1. The second-order valence-electron chi connectivity index (χ2n) is 1.91. The third kappa shape index (κ3) is 3.21. The second-order valence-corrected chi connectivity index (χ2v) is 1.91. The molecule has 0 fully saturated rings. The van der Waals surface area contributed by atoms with Gasteiger partial charge in [0.1, 0.15) is 6.10 Å². The standard InChI is InChI=1S/C6H13NO2/c1-2-5(8)6(9)3-4-7/h6,9H,2-4,7H2,1H3. The van der Waals surface area contributed by atoms with Gasteiger partial charge in [0.15, 0.2) is 5.78 Å². The van der Waals surface area contributed by atoms with Crippen molar-refractivity contribution in [2.24, 2.45) is 5.73 Å². The molecule has 9 heavy (non-hydrogen) atoms. The first kappa shape index (κ1) is 8.59. The summed E-state index contributed by atoms with van der Waals surface area (Å²) in [5.74, 6) is -0.125. The summed E-state index contributed by atoms with van der Waals surface area (Å²) in [4.78, 5) is 10.6. The zero-order valence-corrected chi connectivity index (χ0v) is 5.63. The van der Waals surface area contributed by atoms with E-state index in [1.54, 1.807) is 6.92 Å². The molecule has 0 saturated carbocycles. The van der Waals surface area contributed by atoms with E-state index in [0.717, 1.165) is 0 Å². The lowest BCUT2D eigenvalue weighted by molar-refractivity contribution is -0.126. The molecule has 0 aromatic rings. The van der Waals surface area contributed by atoms with Crippen LogP contribution in [-0.4, -0.2) is 23.5 Å². The summed E-state index contributed by atoms with van der Waals surface area (Å²) >= 11 is 0. The van der Waals surface area contributed by atoms with Crippen LogP contribution in [-0.2, 0) is 4.79 Å². The molecule has 0 aromatic heterocycles. The Balaban J connectivity index is 3.45.